The number of nitrogens with zero attached hydrogens (tertiary/aromatic N) is 2. The van der Waals surface area contributed by atoms with Crippen LogP contribution in [0.15, 0.2) is 53.7 Å². The predicted octanol–water partition coefficient (Wildman–Crippen LogP) is 4.03. The fraction of sp³-hybridized carbons (Fsp3) is 0.286. The number of carbonyl (C=O) groups excluding carboxylic acids is 2. The van der Waals surface area contributed by atoms with Crippen molar-refractivity contribution in [3.8, 4) is 0 Å². The first kappa shape index (κ1) is 19.9. The summed E-state index contributed by atoms with van der Waals surface area (Å²) in [6.07, 6.45) is 0.970. The van der Waals surface area contributed by atoms with Crippen LogP contribution < -0.4 is 5.32 Å². The topological polar surface area (TPSA) is 73.2 Å². The average molecular weight is 398 g/mol. The van der Waals surface area contributed by atoms with Crippen LogP contribution in [0, 0.1) is 6.92 Å². The van der Waals surface area contributed by atoms with Crippen molar-refractivity contribution in [2.45, 2.75) is 32.0 Å². The third-order valence-electron chi connectivity index (χ3n) is 4.05. The van der Waals surface area contributed by atoms with Gasteiger partial charge in [0.1, 0.15) is 0 Å². The van der Waals surface area contributed by atoms with E-state index in [1.54, 1.807) is 6.07 Å². The third-order valence-corrected chi connectivity index (χ3v) is 5.00. The number of hydrogen-bond donors (Lipinski definition) is 1. The Hall–Kier alpha value is -2.80. The van der Waals surface area contributed by atoms with Crippen molar-refractivity contribution < 1.29 is 14.3 Å². The van der Waals surface area contributed by atoms with Crippen molar-refractivity contribution in [2.75, 3.05) is 17.7 Å². The van der Waals surface area contributed by atoms with Gasteiger partial charge < -0.3 is 14.6 Å². The first-order valence-electron chi connectivity index (χ1n) is 9.17. The molecule has 1 N–H and O–H groups in total. The number of nitrogens with one attached hydrogen (secondary N) is 1. The van der Waals surface area contributed by atoms with Gasteiger partial charge in [0.25, 0.3) is 5.91 Å². The molecule has 1 amide bonds. The van der Waals surface area contributed by atoms with Crippen LogP contribution >= 0.6 is 11.8 Å². The molecule has 0 fully saturated rings. The number of rotatable bonds is 8. The van der Waals surface area contributed by atoms with Gasteiger partial charge >= 0.3 is 5.97 Å². The molecule has 0 unspecified atom stereocenters. The molecule has 28 heavy (non-hydrogen) atoms. The lowest BCUT2D eigenvalue weighted by molar-refractivity contribution is -0.144. The molecule has 6 nitrogen and oxygen atoms in total. The smallest absolute Gasteiger partial charge is 0.316 e. The highest BCUT2D eigenvalue weighted by atomic mass is 32.2. The number of ether oxygens (including phenoxy) is 1. The molecule has 1 aromatic heterocycles. The molecule has 0 saturated carbocycles. The predicted molar refractivity (Wildman–Crippen MR) is 112 cm³/mol. The second-order valence-electron chi connectivity index (χ2n) is 6.40. The van der Waals surface area contributed by atoms with Crippen LogP contribution in [0.25, 0.3) is 11.0 Å². The first-order chi connectivity index (χ1) is 13.6. The van der Waals surface area contributed by atoms with Crippen LogP contribution in [-0.2, 0) is 20.9 Å². The summed E-state index contributed by atoms with van der Waals surface area (Å²) in [7, 11) is 0. The second kappa shape index (κ2) is 9.41. The number of fused-ring (bicyclic) bond motifs is 1. The van der Waals surface area contributed by atoms with E-state index in [9.17, 15) is 9.59 Å². The molecule has 0 aliphatic carbocycles. The number of benzene rings is 2. The Bertz CT molecular complexity index is 984. The fourth-order valence-electron chi connectivity index (χ4n) is 2.83. The van der Waals surface area contributed by atoms with E-state index in [0.29, 0.717) is 5.69 Å². The third kappa shape index (κ3) is 5.13. The molecule has 1 heterocycles. The fourth-order valence-corrected chi connectivity index (χ4v) is 3.67. The summed E-state index contributed by atoms with van der Waals surface area (Å²) in [6.45, 7) is 4.57. The van der Waals surface area contributed by atoms with Crippen molar-refractivity contribution in [2.24, 2.45) is 0 Å². The maximum atomic E-state index is 12.1. The Balaban J connectivity index is 1.52. The highest BCUT2D eigenvalue weighted by Crippen LogP contribution is 2.24. The Labute approximate surface area is 168 Å². The number of esters is 1. The molecule has 2 aromatic carbocycles. The van der Waals surface area contributed by atoms with Crippen LogP contribution in [-0.4, -0.2) is 33.8 Å². The number of amides is 1. The number of hydrogen-bond acceptors (Lipinski definition) is 5. The summed E-state index contributed by atoms with van der Waals surface area (Å²) in [5.41, 5.74) is 3.69. The highest BCUT2D eigenvalue weighted by molar-refractivity contribution is 7.99. The minimum Gasteiger partial charge on any atom is -0.455 e. The van der Waals surface area contributed by atoms with E-state index in [-0.39, 0.29) is 18.3 Å². The first-order valence-corrected chi connectivity index (χ1v) is 10.2. The lowest BCUT2D eigenvalue weighted by Crippen LogP contribution is -2.21. The van der Waals surface area contributed by atoms with Crippen LogP contribution in [0.1, 0.15) is 18.9 Å². The average Bonchev–Trinajstić information content (AvgIpc) is 3.03. The number of imidazole rings is 1. The lowest BCUT2D eigenvalue weighted by atomic mass is 10.2. The summed E-state index contributed by atoms with van der Waals surface area (Å²) in [4.78, 5) is 28.6. The Morgan fingerprint density at radius 2 is 2.00 bits per heavy atom. The van der Waals surface area contributed by atoms with Crippen LogP contribution in [0.4, 0.5) is 5.69 Å². The number of para-hydroxylation sites is 2. The Morgan fingerprint density at radius 1 is 1.18 bits per heavy atom. The van der Waals surface area contributed by atoms with E-state index in [0.717, 1.165) is 34.7 Å². The van der Waals surface area contributed by atoms with Gasteiger partial charge in [0.2, 0.25) is 0 Å². The van der Waals surface area contributed by atoms with Gasteiger partial charge in [0.15, 0.2) is 11.8 Å². The molecule has 0 bridgehead atoms. The summed E-state index contributed by atoms with van der Waals surface area (Å²) < 4.78 is 7.20. The van der Waals surface area contributed by atoms with Gasteiger partial charge in [-0.05, 0) is 43.2 Å². The number of carbonyl (C=O) groups is 2. The van der Waals surface area contributed by atoms with Gasteiger partial charge in [-0.2, -0.15) is 0 Å². The van der Waals surface area contributed by atoms with Gasteiger partial charge in [0.05, 0.1) is 16.8 Å². The van der Waals surface area contributed by atoms with Crippen molar-refractivity contribution >= 4 is 40.4 Å². The van der Waals surface area contributed by atoms with Crippen molar-refractivity contribution in [3.63, 3.8) is 0 Å². The monoisotopic (exact) mass is 397 g/mol. The summed E-state index contributed by atoms with van der Waals surface area (Å²) in [5, 5.41) is 3.50. The molecule has 0 aliphatic rings. The quantitative estimate of drug-likeness (QED) is 0.459. The standard InChI is InChI=1S/C21H23N3O3S/c1-3-11-24-18-10-5-4-9-17(18)23-21(24)28-14-20(26)27-13-19(25)22-16-8-6-7-15(2)12-16/h4-10,12H,3,11,13-14H2,1-2H3,(H,22,25). The lowest BCUT2D eigenvalue weighted by Gasteiger charge is -2.08. The zero-order chi connectivity index (χ0) is 19.9. The maximum absolute atomic E-state index is 12.1. The van der Waals surface area contributed by atoms with E-state index in [1.807, 2.05) is 49.4 Å². The second-order valence-corrected chi connectivity index (χ2v) is 7.34. The van der Waals surface area contributed by atoms with Gasteiger partial charge in [-0.1, -0.05) is 43.0 Å². The molecule has 0 saturated heterocycles. The summed E-state index contributed by atoms with van der Waals surface area (Å²) >= 11 is 1.32. The number of aryl methyl sites for hydroxylation is 2. The van der Waals surface area contributed by atoms with Gasteiger partial charge in [-0.25, -0.2) is 4.98 Å². The summed E-state index contributed by atoms with van der Waals surface area (Å²) in [6, 6.07) is 15.4. The van der Waals surface area contributed by atoms with E-state index >= 15 is 0 Å². The van der Waals surface area contributed by atoms with E-state index in [4.69, 9.17) is 4.74 Å². The molecule has 0 atom stereocenters. The van der Waals surface area contributed by atoms with E-state index in [2.05, 4.69) is 21.8 Å². The van der Waals surface area contributed by atoms with Crippen LogP contribution in [0.5, 0.6) is 0 Å². The number of anilines is 1. The van der Waals surface area contributed by atoms with Crippen molar-refractivity contribution in [1.29, 1.82) is 0 Å². The molecular formula is C21H23N3O3S. The zero-order valence-electron chi connectivity index (χ0n) is 16.0. The van der Waals surface area contributed by atoms with Crippen molar-refractivity contribution in [1.82, 2.24) is 9.55 Å². The molecule has 3 aromatic rings. The molecular weight excluding hydrogens is 374 g/mol. The maximum Gasteiger partial charge on any atom is 0.316 e. The highest BCUT2D eigenvalue weighted by Gasteiger charge is 2.14. The summed E-state index contributed by atoms with van der Waals surface area (Å²) in [5.74, 6) is -0.702. The number of thioether (sulfide) groups is 1. The SMILES string of the molecule is CCCn1c(SCC(=O)OCC(=O)Nc2cccc(C)c2)nc2ccccc21. The van der Waals surface area contributed by atoms with E-state index < -0.39 is 5.97 Å². The Morgan fingerprint density at radius 3 is 2.79 bits per heavy atom. The number of aromatic nitrogens is 2. The van der Waals surface area contributed by atoms with Gasteiger partial charge in [0, 0.05) is 12.2 Å². The largest absolute Gasteiger partial charge is 0.455 e. The molecule has 0 spiro atoms. The molecule has 7 heteroatoms. The minimum absolute atomic E-state index is 0.102. The molecule has 3 rings (SSSR count). The molecule has 0 aliphatic heterocycles. The molecule has 0 radical (unpaired) electrons. The van der Waals surface area contributed by atoms with Crippen LogP contribution in [0.3, 0.4) is 0 Å². The Kier molecular flexibility index (Phi) is 6.71. The zero-order valence-corrected chi connectivity index (χ0v) is 16.8. The van der Waals surface area contributed by atoms with Gasteiger partial charge in [-0.3, -0.25) is 9.59 Å². The normalized spacial score (nSPS) is 10.8. The van der Waals surface area contributed by atoms with Crippen molar-refractivity contribution in [3.05, 3.63) is 54.1 Å². The van der Waals surface area contributed by atoms with Gasteiger partial charge in [-0.15, -0.1) is 0 Å². The molecule has 146 valence electrons. The van der Waals surface area contributed by atoms with E-state index in [1.165, 1.54) is 11.8 Å². The minimum atomic E-state index is -0.445. The van der Waals surface area contributed by atoms with Crippen LogP contribution in [0.2, 0.25) is 0 Å².